The molecule has 0 atom stereocenters. The van der Waals surface area contributed by atoms with Gasteiger partial charge in [0.15, 0.2) is 0 Å². The second-order valence-corrected chi connectivity index (χ2v) is 6.04. The Hall–Kier alpha value is -1.60. The SMILES string of the molecule is Cc1cc2[nH]c(=O)c(=O)[nH]c2cc1S(=O)(=O)Cl. The van der Waals surface area contributed by atoms with Crippen molar-refractivity contribution in [2.24, 2.45) is 0 Å². The number of fused-ring (bicyclic) bond motifs is 1. The van der Waals surface area contributed by atoms with E-state index in [-0.39, 0.29) is 10.4 Å². The molecule has 0 fully saturated rings. The zero-order chi connectivity index (χ0) is 12.8. The van der Waals surface area contributed by atoms with E-state index >= 15 is 0 Å². The topological polar surface area (TPSA) is 99.9 Å². The first-order valence-corrected chi connectivity index (χ1v) is 6.81. The summed E-state index contributed by atoms with van der Waals surface area (Å²) < 4.78 is 22.5. The standard InChI is InChI=1S/C9H7ClN2O4S/c1-4-2-5-6(3-7(4)17(10,15)16)12-9(14)8(13)11-5/h2-3H,1H3,(H,11,13)(H,12,14). The highest BCUT2D eigenvalue weighted by Gasteiger charge is 2.15. The third-order valence-corrected chi connectivity index (χ3v) is 3.74. The molecule has 0 radical (unpaired) electrons. The number of aromatic amines is 2. The van der Waals surface area contributed by atoms with Crippen molar-refractivity contribution in [2.45, 2.75) is 11.8 Å². The van der Waals surface area contributed by atoms with E-state index in [1.54, 1.807) is 0 Å². The van der Waals surface area contributed by atoms with E-state index in [0.29, 0.717) is 11.1 Å². The monoisotopic (exact) mass is 274 g/mol. The first-order valence-electron chi connectivity index (χ1n) is 4.50. The van der Waals surface area contributed by atoms with Gasteiger partial charge in [0.05, 0.1) is 15.9 Å². The van der Waals surface area contributed by atoms with Crippen LogP contribution in [0.15, 0.2) is 26.6 Å². The Balaban J connectivity index is 2.96. The number of hydrogen-bond donors (Lipinski definition) is 2. The van der Waals surface area contributed by atoms with Gasteiger partial charge in [0, 0.05) is 10.7 Å². The van der Waals surface area contributed by atoms with Crippen molar-refractivity contribution in [1.29, 1.82) is 0 Å². The molecule has 0 spiro atoms. The number of rotatable bonds is 1. The Morgan fingerprint density at radius 3 is 2.00 bits per heavy atom. The number of hydrogen-bond acceptors (Lipinski definition) is 4. The predicted molar refractivity (Wildman–Crippen MR) is 63.0 cm³/mol. The van der Waals surface area contributed by atoms with E-state index in [1.807, 2.05) is 0 Å². The molecular weight excluding hydrogens is 268 g/mol. The molecule has 90 valence electrons. The van der Waals surface area contributed by atoms with Gasteiger partial charge in [-0.1, -0.05) is 0 Å². The lowest BCUT2D eigenvalue weighted by molar-refractivity contribution is 0.609. The third kappa shape index (κ3) is 2.11. The fourth-order valence-corrected chi connectivity index (χ4v) is 2.72. The van der Waals surface area contributed by atoms with Crippen molar-refractivity contribution in [3.05, 3.63) is 38.4 Å². The van der Waals surface area contributed by atoms with Crippen LogP contribution >= 0.6 is 10.7 Å². The van der Waals surface area contributed by atoms with Crippen molar-refractivity contribution in [2.75, 3.05) is 0 Å². The fraction of sp³-hybridized carbons (Fsp3) is 0.111. The number of aromatic nitrogens is 2. The summed E-state index contributed by atoms with van der Waals surface area (Å²) in [7, 11) is 1.35. The molecule has 2 aromatic rings. The smallest absolute Gasteiger partial charge is 0.314 e. The van der Waals surface area contributed by atoms with Crippen LogP contribution in [0.4, 0.5) is 0 Å². The Bertz CT molecular complexity index is 819. The first kappa shape index (κ1) is 11.9. The summed E-state index contributed by atoms with van der Waals surface area (Å²) in [6.45, 7) is 1.54. The molecule has 1 aromatic heterocycles. The summed E-state index contributed by atoms with van der Waals surface area (Å²) in [5.74, 6) is 0. The minimum absolute atomic E-state index is 0.102. The van der Waals surface area contributed by atoms with Crippen LogP contribution in [0.25, 0.3) is 11.0 Å². The maximum atomic E-state index is 11.3. The molecule has 0 unspecified atom stereocenters. The van der Waals surface area contributed by atoms with Crippen LogP contribution in [0.1, 0.15) is 5.56 Å². The molecule has 2 rings (SSSR count). The second kappa shape index (κ2) is 3.71. The molecule has 0 saturated carbocycles. The fourth-order valence-electron chi connectivity index (χ4n) is 1.52. The molecule has 0 amide bonds. The predicted octanol–water partition coefficient (Wildman–Crippen LogP) is 0.452. The number of halogens is 1. The molecule has 1 aromatic carbocycles. The van der Waals surface area contributed by atoms with Crippen LogP contribution < -0.4 is 11.1 Å². The molecule has 0 aliphatic carbocycles. The average Bonchev–Trinajstić information content (AvgIpc) is 2.18. The first-order chi connectivity index (χ1) is 7.79. The molecule has 0 aliphatic rings. The van der Waals surface area contributed by atoms with Gasteiger partial charge < -0.3 is 9.97 Å². The van der Waals surface area contributed by atoms with E-state index in [4.69, 9.17) is 10.7 Å². The van der Waals surface area contributed by atoms with Gasteiger partial charge in [0.25, 0.3) is 9.05 Å². The molecule has 0 bridgehead atoms. The van der Waals surface area contributed by atoms with Crippen molar-refractivity contribution in [3.63, 3.8) is 0 Å². The summed E-state index contributed by atoms with van der Waals surface area (Å²) in [5, 5.41) is 0. The minimum Gasteiger partial charge on any atom is -0.316 e. The molecule has 8 heteroatoms. The molecule has 2 N–H and O–H groups in total. The Kier molecular flexibility index (Phi) is 2.59. The summed E-state index contributed by atoms with van der Waals surface area (Å²) in [6.07, 6.45) is 0. The number of nitrogens with one attached hydrogen (secondary N) is 2. The quantitative estimate of drug-likeness (QED) is 0.582. The van der Waals surface area contributed by atoms with Crippen LogP contribution in [-0.4, -0.2) is 18.4 Å². The van der Waals surface area contributed by atoms with Gasteiger partial charge >= 0.3 is 11.1 Å². The van der Waals surface area contributed by atoms with E-state index in [2.05, 4.69) is 9.97 Å². The molecular formula is C9H7ClN2O4S. The molecule has 0 aliphatic heterocycles. The highest BCUT2D eigenvalue weighted by Crippen LogP contribution is 2.22. The van der Waals surface area contributed by atoms with Gasteiger partial charge in [-0.05, 0) is 24.6 Å². The van der Waals surface area contributed by atoms with Gasteiger partial charge in [0.1, 0.15) is 0 Å². The maximum absolute atomic E-state index is 11.3. The van der Waals surface area contributed by atoms with Crippen molar-refractivity contribution < 1.29 is 8.42 Å². The van der Waals surface area contributed by atoms with Crippen molar-refractivity contribution in [3.8, 4) is 0 Å². The van der Waals surface area contributed by atoms with E-state index in [0.717, 1.165) is 0 Å². The van der Waals surface area contributed by atoms with Crippen LogP contribution in [0.2, 0.25) is 0 Å². The summed E-state index contributed by atoms with van der Waals surface area (Å²) in [5.41, 5.74) is -0.705. The van der Waals surface area contributed by atoms with Crippen LogP contribution in [0.3, 0.4) is 0 Å². The zero-order valence-corrected chi connectivity index (χ0v) is 10.1. The molecule has 6 nitrogen and oxygen atoms in total. The molecule has 17 heavy (non-hydrogen) atoms. The van der Waals surface area contributed by atoms with Gasteiger partial charge in [-0.2, -0.15) is 0 Å². The Morgan fingerprint density at radius 1 is 1.06 bits per heavy atom. The minimum atomic E-state index is -3.89. The maximum Gasteiger partial charge on any atom is 0.314 e. The van der Waals surface area contributed by atoms with Gasteiger partial charge in [-0.15, -0.1) is 0 Å². The Morgan fingerprint density at radius 2 is 1.53 bits per heavy atom. The summed E-state index contributed by atoms with van der Waals surface area (Å²) in [4.78, 5) is 26.7. The lowest BCUT2D eigenvalue weighted by atomic mass is 10.2. The molecule has 0 saturated heterocycles. The number of H-pyrrole nitrogens is 2. The number of aryl methyl sites for hydroxylation is 1. The van der Waals surface area contributed by atoms with Crippen molar-refractivity contribution >= 4 is 30.8 Å². The number of benzene rings is 1. The highest BCUT2D eigenvalue weighted by molar-refractivity contribution is 8.13. The lowest BCUT2D eigenvalue weighted by Gasteiger charge is -2.04. The highest BCUT2D eigenvalue weighted by atomic mass is 35.7. The average molecular weight is 275 g/mol. The third-order valence-electron chi connectivity index (χ3n) is 2.28. The molecule has 1 heterocycles. The summed E-state index contributed by atoms with van der Waals surface area (Å²) in [6, 6.07) is 2.65. The van der Waals surface area contributed by atoms with Crippen LogP contribution in [-0.2, 0) is 9.05 Å². The van der Waals surface area contributed by atoms with Crippen LogP contribution in [0, 0.1) is 6.92 Å². The van der Waals surface area contributed by atoms with E-state index < -0.39 is 20.2 Å². The normalized spacial score (nSPS) is 11.9. The van der Waals surface area contributed by atoms with Gasteiger partial charge in [-0.25, -0.2) is 8.42 Å². The van der Waals surface area contributed by atoms with Gasteiger partial charge in [-0.3, -0.25) is 9.59 Å². The second-order valence-electron chi connectivity index (χ2n) is 3.51. The van der Waals surface area contributed by atoms with Crippen molar-refractivity contribution in [1.82, 2.24) is 9.97 Å². The van der Waals surface area contributed by atoms with Gasteiger partial charge in [0.2, 0.25) is 0 Å². The Labute approximate surface area is 99.7 Å². The summed E-state index contributed by atoms with van der Waals surface area (Å²) >= 11 is 0. The van der Waals surface area contributed by atoms with Crippen LogP contribution in [0.5, 0.6) is 0 Å². The zero-order valence-electron chi connectivity index (χ0n) is 8.57. The largest absolute Gasteiger partial charge is 0.316 e. The lowest BCUT2D eigenvalue weighted by Crippen LogP contribution is -2.29. The van der Waals surface area contributed by atoms with E-state index in [1.165, 1.54) is 19.1 Å². The van der Waals surface area contributed by atoms with E-state index in [9.17, 15) is 18.0 Å².